The lowest BCUT2D eigenvalue weighted by atomic mass is 10.0. The van der Waals surface area contributed by atoms with Gasteiger partial charge in [-0.25, -0.2) is 0 Å². The molecule has 19 heavy (non-hydrogen) atoms. The van der Waals surface area contributed by atoms with Crippen LogP contribution in [0.15, 0.2) is 40.9 Å². The molecule has 0 N–H and O–H groups in total. The molecule has 0 nitrogen and oxygen atoms in total. The van der Waals surface area contributed by atoms with Crippen LogP contribution in [0.3, 0.4) is 0 Å². The molecule has 2 aromatic carbocycles. The van der Waals surface area contributed by atoms with Gasteiger partial charge in [-0.1, -0.05) is 51.8 Å². The quantitative estimate of drug-likeness (QED) is 0.651. The molecule has 0 saturated carbocycles. The maximum absolute atomic E-state index is 6.02. The lowest BCUT2D eigenvalue weighted by Gasteiger charge is -2.06. The fraction of sp³-hybridized carbons (Fsp3) is 0.235. The molecule has 1 radical (unpaired) electrons. The molecule has 0 spiro atoms. The molecule has 2 heteroatoms. The van der Waals surface area contributed by atoms with Crippen molar-refractivity contribution in [3.63, 3.8) is 0 Å². The minimum atomic E-state index is 0.833. The minimum absolute atomic E-state index is 0.833. The standard InChI is InChI=1S/C17H17BrCl/c1-12-6-7-15(11-16(12)18)5-3-4-14-8-9-17(19)13(2)10-14/h4,6-11H,3,5H2,1-2H3. The molecule has 0 aromatic heterocycles. The van der Waals surface area contributed by atoms with E-state index in [1.807, 2.05) is 13.0 Å². The van der Waals surface area contributed by atoms with Gasteiger partial charge in [-0.2, -0.15) is 0 Å². The maximum atomic E-state index is 6.02. The third-order valence-corrected chi connectivity index (χ3v) is 4.51. The third kappa shape index (κ3) is 4.09. The Bertz CT molecular complexity index is 524. The number of halogens is 2. The number of rotatable bonds is 4. The summed E-state index contributed by atoms with van der Waals surface area (Å²) in [4.78, 5) is 0. The predicted molar refractivity (Wildman–Crippen MR) is 86.8 cm³/mol. The summed E-state index contributed by atoms with van der Waals surface area (Å²) < 4.78 is 1.19. The summed E-state index contributed by atoms with van der Waals surface area (Å²) in [6.45, 7) is 4.15. The van der Waals surface area contributed by atoms with Crippen molar-refractivity contribution in [1.82, 2.24) is 0 Å². The highest BCUT2D eigenvalue weighted by Crippen LogP contribution is 2.21. The Morgan fingerprint density at radius 3 is 2.53 bits per heavy atom. The second-order valence-electron chi connectivity index (χ2n) is 4.83. The molecule has 0 atom stereocenters. The van der Waals surface area contributed by atoms with Gasteiger partial charge in [0, 0.05) is 9.50 Å². The lowest BCUT2D eigenvalue weighted by molar-refractivity contribution is 0.948. The maximum Gasteiger partial charge on any atom is 0.0435 e. The van der Waals surface area contributed by atoms with Crippen molar-refractivity contribution < 1.29 is 0 Å². The van der Waals surface area contributed by atoms with Gasteiger partial charge >= 0.3 is 0 Å². The molecule has 2 rings (SSSR count). The summed E-state index contributed by atoms with van der Waals surface area (Å²) in [5.41, 5.74) is 5.02. The van der Waals surface area contributed by atoms with Crippen LogP contribution in [0.5, 0.6) is 0 Å². The number of hydrogen-bond acceptors (Lipinski definition) is 0. The van der Waals surface area contributed by atoms with Crippen LogP contribution in [-0.4, -0.2) is 0 Å². The molecule has 2 aromatic rings. The summed E-state index contributed by atoms with van der Waals surface area (Å²) in [5.74, 6) is 0. The van der Waals surface area contributed by atoms with Crippen molar-refractivity contribution in [2.24, 2.45) is 0 Å². The summed E-state index contributed by atoms with van der Waals surface area (Å²) in [7, 11) is 0. The van der Waals surface area contributed by atoms with E-state index in [1.54, 1.807) is 0 Å². The Balaban J connectivity index is 1.92. The van der Waals surface area contributed by atoms with Gasteiger partial charge in [0.2, 0.25) is 0 Å². The molecule has 0 bridgehead atoms. The summed E-state index contributed by atoms with van der Waals surface area (Å²) >= 11 is 9.60. The minimum Gasteiger partial charge on any atom is -0.0841 e. The molecule has 0 unspecified atom stereocenters. The first-order valence-corrected chi connectivity index (χ1v) is 7.58. The van der Waals surface area contributed by atoms with Gasteiger partial charge in [-0.15, -0.1) is 0 Å². The van der Waals surface area contributed by atoms with Gasteiger partial charge in [0.25, 0.3) is 0 Å². The Labute approximate surface area is 128 Å². The van der Waals surface area contributed by atoms with Gasteiger partial charge in [-0.3, -0.25) is 0 Å². The van der Waals surface area contributed by atoms with E-state index in [1.165, 1.54) is 21.2 Å². The predicted octanol–water partition coefficient (Wildman–Crippen LogP) is 5.90. The Kier molecular flexibility index (Phi) is 5.06. The number of aryl methyl sites for hydroxylation is 3. The van der Waals surface area contributed by atoms with Gasteiger partial charge in [0.1, 0.15) is 0 Å². The molecule has 0 aliphatic heterocycles. The second kappa shape index (κ2) is 6.58. The van der Waals surface area contributed by atoms with E-state index in [0.29, 0.717) is 0 Å². The first kappa shape index (κ1) is 14.6. The summed E-state index contributed by atoms with van der Waals surface area (Å²) in [6, 6.07) is 12.7. The Hall–Kier alpha value is -0.790. The molecule has 0 heterocycles. The molecule has 0 saturated heterocycles. The van der Waals surface area contributed by atoms with E-state index < -0.39 is 0 Å². The monoisotopic (exact) mass is 335 g/mol. The van der Waals surface area contributed by atoms with E-state index in [9.17, 15) is 0 Å². The van der Waals surface area contributed by atoms with Crippen LogP contribution < -0.4 is 0 Å². The van der Waals surface area contributed by atoms with E-state index in [4.69, 9.17) is 11.6 Å². The van der Waals surface area contributed by atoms with Crippen molar-refractivity contribution in [1.29, 1.82) is 0 Å². The van der Waals surface area contributed by atoms with E-state index in [2.05, 4.69) is 59.6 Å². The van der Waals surface area contributed by atoms with Crippen molar-refractivity contribution in [3.05, 3.63) is 74.6 Å². The summed E-state index contributed by atoms with van der Waals surface area (Å²) in [6.07, 6.45) is 4.36. The van der Waals surface area contributed by atoms with Gasteiger partial charge in [0.15, 0.2) is 0 Å². The average Bonchev–Trinajstić information content (AvgIpc) is 2.38. The SMILES string of the molecule is Cc1cc([CH]CCc2ccc(C)c(Br)c2)ccc1Cl. The highest BCUT2D eigenvalue weighted by molar-refractivity contribution is 9.10. The van der Waals surface area contributed by atoms with Crippen LogP contribution in [0.25, 0.3) is 0 Å². The fourth-order valence-electron chi connectivity index (χ4n) is 1.99. The smallest absolute Gasteiger partial charge is 0.0435 e. The van der Waals surface area contributed by atoms with Crippen LogP contribution in [0, 0.1) is 20.3 Å². The highest BCUT2D eigenvalue weighted by Gasteiger charge is 2.01. The first-order valence-electron chi connectivity index (χ1n) is 6.40. The average molecular weight is 337 g/mol. The molecule has 0 aliphatic rings. The van der Waals surface area contributed by atoms with Gasteiger partial charge in [0.05, 0.1) is 0 Å². The zero-order valence-corrected chi connectivity index (χ0v) is 13.6. The van der Waals surface area contributed by atoms with Crippen molar-refractivity contribution in [3.8, 4) is 0 Å². The molecule has 0 fully saturated rings. The van der Waals surface area contributed by atoms with Gasteiger partial charge < -0.3 is 0 Å². The molecular formula is C17H17BrCl. The number of benzene rings is 2. The topological polar surface area (TPSA) is 0 Å². The van der Waals surface area contributed by atoms with Crippen LogP contribution >= 0.6 is 27.5 Å². The van der Waals surface area contributed by atoms with Crippen LogP contribution in [0.2, 0.25) is 5.02 Å². The van der Waals surface area contributed by atoms with E-state index in [-0.39, 0.29) is 0 Å². The Morgan fingerprint density at radius 2 is 1.84 bits per heavy atom. The molecule has 99 valence electrons. The zero-order valence-electron chi connectivity index (χ0n) is 11.2. The van der Waals surface area contributed by atoms with Crippen molar-refractivity contribution in [2.45, 2.75) is 26.7 Å². The normalized spacial score (nSPS) is 10.7. The van der Waals surface area contributed by atoms with Gasteiger partial charge in [-0.05, 0) is 67.5 Å². The summed E-state index contributed by atoms with van der Waals surface area (Å²) in [5, 5.41) is 0.833. The van der Waals surface area contributed by atoms with Crippen LogP contribution in [0.1, 0.15) is 28.7 Å². The molecular weight excluding hydrogens is 320 g/mol. The van der Waals surface area contributed by atoms with Crippen molar-refractivity contribution >= 4 is 27.5 Å². The fourth-order valence-corrected chi connectivity index (χ4v) is 2.54. The van der Waals surface area contributed by atoms with E-state index in [0.717, 1.165) is 23.4 Å². The van der Waals surface area contributed by atoms with Crippen LogP contribution in [0.4, 0.5) is 0 Å². The Morgan fingerprint density at radius 1 is 1.05 bits per heavy atom. The number of hydrogen-bond donors (Lipinski definition) is 0. The lowest BCUT2D eigenvalue weighted by Crippen LogP contribution is -1.90. The zero-order chi connectivity index (χ0) is 13.8. The molecule has 0 aliphatic carbocycles. The van der Waals surface area contributed by atoms with Crippen molar-refractivity contribution in [2.75, 3.05) is 0 Å². The van der Waals surface area contributed by atoms with E-state index >= 15 is 0 Å². The second-order valence-corrected chi connectivity index (χ2v) is 6.10. The third-order valence-electron chi connectivity index (χ3n) is 3.23. The molecule has 0 amide bonds. The largest absolute Gasteiger partial charge is 0.0841 e. The highest BCUT2D eigenvalue weighted by atomic mass is 79.9. The first-order chi connectivity index (χ1) is 9.06. The van der Waals surface area contributed by atoms with Crippen LogP contribution in [-0.2, 0) is 6.42 Å².